The highest BCUT2D eigenvalue weighted by atomic mass is 31.2. The highest BCUT2D eigenvalue weighted by molar-refractivity contribution is 7.48. The van der Waals surface area contributed by atoms with E-state index in [2.05, 4.69) is 36.8 Å². The minimum atomic E-state index is -4.37. The van der Waals surface area contributed by atoms with Gasteiger partial charge in [-0.25, -0.2) is 14.2 Å². The molecule has 8 nitrogen and oxygen atoms in total. The minimum Gasteiger partial charge on any atom is -0.283 e. The lowest BCUT2D eigenvalue weighted by Gasteiger charge is -2.13. The van der Waals surface area contributed by atoms with Gasteiger partial charge in [-0.2, -0.15) is 0 Å². The lowest BCUT2D eigenvalue weighted by molar-refractivity contribution is -0.258. The molecule has 0 fully saturated rings. The van der Waals surface area contributed by atoms with Gasteiger partial charge in [0, 0.05) is 11.1 Å². The molecule has 0 aromatic heterocycles. The van der Waals surface area contributed by atoms with E-state index in [0.29, 0.717) is 0 Å². The monoisotopic (exact) mass is 294 g/mol. The highest BCUT2D eigenvalue weighted by Crippen LogP contribution is 2.50. The van der Waals surface area contributed by atoms with Crippen LogP contribution in [0.1, 0.15) is 20.8 Å². The van der Waals surface area contributed by atoms with Gasteiger partial charge in [-0.3, -0.25) is 14.3 Å². The molecule has 0 saturated heterocycles. The summed E-state index contributed by atoms with van der Waals surface area (Å²) in [4.78, 5) is 30.4. The Morgan fingerprint density at radius 1 is 1.00 bits per heavy atom. The third kappa shape index (κ3) is 6.88. The van der Waals surface area contributed by atoms with Crippen LogP contribution in [-0.2, 0) is 37.8 Å². The normalized spacial score (nSPS) is 10.7. The fraction of sp³-hybridized carbons (Fsp3) is 0.400. The van der Waals surface area contributed by atoms with E-state index in [-0.39, 0.29) is 17.8 Å². The van der Waals surface area contributed by atoms with Gasteiger partial charge in [0.05, 0.1) is 6.61 Å². The lowest BCUT2D eigenvalue weighted by Crippen LogP contribution is -2.10. The smallest absolute Gasteiger partial charge is 0.283 e. The van der Waals surface area contributed by atoms with Crippen LogP contribution in [0.2, 0.25) is 0 Å². The third-order valence-corrected chi connectivity index (χ3v) is 2.48. The van der Waals surface area contributed by atoms with Crippen LogP contribution in [0.25, 0.3) is 0 Å². The first-order chi connectivity index (χ1) is 8.72. The predicted octanol–water partition coefficient (Wildman–Crippen LogP) is 2.23. The maximum absolute atomic E-state index is 11.8. The number of hydrogen-bond acceptors (Lipinski definition) is 8. The molecule has 0 atom stereocenters. The molecule has 0 aliphatic carbocycles. The van der Waals surface area contributed by atoms with Crippen LogP contribution in [0.4, 0.5) is 0 Å². The molecule has 0 unspecified atom stereocenters. The quantitative estimate of drug-likeness (QED) is 0.291. The number of rotatable bonds is 8. The second-order valence-electron chi connectivity index (χ2n) is 3.32. The zero-order valence-electron chi connectivity index (χ0n) is 10.8. The maximum atomic E-state index is 11.8. The summed E-state index contributed by atoms with van der Waals surface area (Å²) < 4.78 is 24.8. The van der Waals surface area contributed by atoms with Crippen molar-refractivity contribution in [2.45, 2.75) is 20.8 Å². The van der Waals surface area contributed by atoms with Crippen molar-refractivity contribution in [3.63, 3.8) is 0 Å². The molecule has 0 aliphatic rings. The zero-order valence-corrected chi connectivity index (χ0v) is 11.7. The number of carbonyl (C=O) groups excluding carboxylic acids is 2. The van der Waals surface area contributed by atoms with Gasteiger partial charge in [-0.15, -0.1) is 0 Å². The highest BCUT2D eigenvalue weighted by Gasteiger charge is 2.33. The number of carbonyl (C=O) groups is 2. The molecule has 0 heterocycles. The van der Waals surface area contributed by atoms with Crippen LogP contribution < -0.4 is 0 Å². The number of phosphoric acid groups is 1. The third-order valence-electron chi connectivity index (χ3n) is 1.39. The summed E-state index contributed by atoms with van der Waals surface area (Å²) in [5.74, 6) is -1.95. The summed E-state index contributed by atoms with van der Waals surface area (Å²) in [6.45, 7) is 10.6. The summed E-state index contributed by atoms with van der Waals surface area (Å²) in [6, 6.07) is 0. The summed E-state index contributed by atoms with van der Waals surface area (Å²) >= 11 is 0. The van der Waals surface area contributed by atoms with Gasteiger partial charge in [-0.05, 0) is 20.8 Å². The van der Waals surface area contributed by atoms with Gasteiger partial charge in [-0.1, -0.05) is 22.5 Å². The van der Waals surface area contributed by atoms with E-state index in [1.165, 1.54) is 20.8 Å². The standard InChI is InChI=1S/C10H15O8P/c1-6-14-19(13,17-15-9(11)7(2)3)18-16-10(12)8(4)5/h2,4,6H2,1,3,5H3. The van der Waals surface area contributed by atoms with Crippen LogP contribution in [0.3, 0.4) is 0 Å². The molecule has 0 aliphatic heterocycles. The van der Waals surface area contributed by atoms with E-state index < -0.39 is 19.8 Å². The maximum Gasteiger partial charge on any atom is 0.547 e. The van der Waals surface area contributed by atoms with Crippen molar-refractivity contribution in [2.75, 3.05) is 6.61 Å². The molecule has 0 radical (unpaired) electrons. The molecule has 0 N–H and O–H groups in total. The Morgan fingerprint density at radius 2 is 1.37 bits per heavy atom. The fourth-order valence-corrected chi connectivity index (χ4v) is 1.26. The summed E-state index contributed by atoms with van der Waals surface area (Å²) in [6.07, 6.45) is 0. The van der Waals surface area contributed by atoms with E-state index in [1.54, 1.807) is 0 Å². The summed E-state index contributed by atoms with van der Waals surface area (Å²) in [5, 5.41) is 0. The average molecular weight is 294 g/mol. The lowest BCUT2D eigenvalue weighted by atomic mass is 10.4. The topological polar surface area (TPSA) is 97.4 Å². The van der Waals surface area contributed by atoms with Crippen molar-refractivity contribution in [2.24, 2.45) is 0 Å². The van der Waals surface area contributed by atoms with Crippen LogP contribution >= 0.6 is 7.82 Å². The summed E-state index contributed by atoms with van der Waals surface area (Å²) in [5.41, 5.74) is 0.00367. The second-order valence-corrected chi connectivity index (χ2v) is 4.77. The molecule has 0 amide bonds. The molecule has 0 rings (SSSR count). The Morgan fingerprint density at radius 3 is 1.63 bits per heavy atom. The summed E-state index contributed by atoms with van der Waals surface area (Å²) in [7, 11) is -4.37. The fourth-order valence-electron chi connectivity index (χ4n) is 0.515. The first kappa shape index (κ1) is 17.5. The van der Waals surface area contributed by atoms with E-state index in [1.807, 2.05) is 0 Å². The molecule has 19 heavy (non-hydrogen) atoms. The van der Waals surface area contributed by atoms with Crippen LogP contribution in [0, 0.1) is 0 Å². The van der Waals surface area contributed by atoms with Gasteiger partial charge in [0.25, 0.3) is 0 Å². The van der Waals surface area contributed by atoms with Gasteiger partial charge in [0.15, 0.2) is 0 Å². The minimum absolute atomic E-state index is 0.00183. The largest absolute Gasteiger partial charge is 0.547 e. The Balaban J connectivity index is 4.54. The van der Waals surface area contributed by atoms with Gasteiger partial charge >= 0.3 is 19.8 Å². The Bertz CT molecular complexity index is 393. The molecule has 0 aromatic carbocycles. The van der Waals surface area contributed by atoms with Crippen LogP contribution in [0.15, 0.2) is 24.3 Å². The zero-order chi connectivity index (χ0) is 15.1. The van der Waals surface area contributed by atoms with E-state index in [9.17, 15) is 14.2 Å². The van der Waals surface area contributed by atoms with Crippen molar-refractivity contribution < 1.29 is 37.8 Å². The SMILES string of the molecule is C=C(C)C(=O)OOP(=O)(OCC)OOC(=O)C(=C)C. The Hall–Kier alpha value is -1.47. The van der Waals surface area contributed by atoms with E-state index in [0.717, 1.165) is 0 Å². The van der Waals surface area contributed by atoms with Crippen molar-refractivity contribution in [1.82, 2.24) is 0 Å². The van der Waals surface area contributed by atoms with Gasteiger partial charge in [0.1, 0.15) is 0 Å². The molecule has 9 heteroatoms. The van der Waals surface area contributed by atoms with Crippen molar-refractivity contribution in [3.05, 3.63) is 24.3 Å². The van der Waals surface area contributed by atoms with Crippen LogP contribution in [0.5, 0.6) is 0 Å². The molecule has 0 spiro atoms. The van der Waals surface area contributed by atoms with E-state index in [4.69, 9.17) is 0 Å². The molecule has 0 bridgehead atoms. The molecule has 108 valence electrons. The van der Waals surface area contributed by atoms with E-state index >= 15 is 0 Å². The Labute approximate surface area is 110 Å². The average Bonchev–Trinajstić information content (AvgIpc) is 2.33. The van der Waals surface area contributed by atoms with Crippen molar-refractivity contribution in [3.8, 4) is 0 Å². The second kappa shape index (κ2) is 7.85. The predicted molar refractivity (Wildman–Crippen MR) is 63.2 cm³/mol. The van der Waals surface area contributed by atoms with Gasteiger partial charge < -0.3 is 0 Å². The molecule has 0 saturated carbocycles. The van der Waals surface area contributed by atoms with Crippen molar-refractivity contribution >= 4 is 19.8 Å². The first-order valence-corrected chi connectivity index (χ1v) is 6.54. The van der Waals surface area contributed by atoms with Crippen LogP contribution in [-0.4, -0.2) is 18.5 Å². The molecular weight excluding hydrogens is 279 g/mol. The molecule has 0 aromatic rings. The number of hydrogen-bond donors (Lipinski definition) is 0. The van der Waals surface area contributed by atoms with Gasteiger partial charge in [0.2, 0.25) is 0 Å². The Kier molecular flexibility index (Phi) is 7.25. The molecular formula is C10H15O8P. The van der Waals surface area contributed by atoms with Crippen molar-refractivity contribution in [1.29, 1.82) is 0 Å². The first-order valence-electron chi connectivity index (χ1n) is 5.08.